The zero-order valence-corrected chi connectivity index (χ0v) is 12.0. The minimum Gasteiger partial charge on any atom is -0.338 e. The molecular formula is C16H24N2O. The predicted molar refractivity (Wildman–Crippen MR) is 79.5 cm³/mol. The van der Waals surface area contributed by atoms with Crippen molar-refractivity contribution in [2.45, 2.75) is 46.0 Å². The lowest BCUT2D eigenvalue weighted by molar-refractivity contribution is 0.247. The number of benzene rings is 1. The molecule has 1 aliphatic carbocycles. The minimum absolute atomic E-state index is 0.0840. The first-order valence-corrected chi connectivity index (χ1v) is 7.27. The second-order valence-electron chi connectivity index (χ2n) is 5.66. The fourth-order valence-electron chi connectivity index (χ4n) is 2.67. The van der Waals surface area contributed by atoms with Gasteiger partial charge in [0.25, 0.3) is 0 Å². The molecular weight excluding hydrogens is 236 g/mol. The molecule has 0 saturated heterocycles. The van der Waals surface area contributed by atoms with Crippen molar-refractivity contribution in [1.82, 2.24) is 5.32 Å². The van der Waals surface area contributed by atoms with Crippen LogP contribution in [-0.2, 0) is 0 Å². The lowest BCUT2D eigenvalue weighted by Crippen LogP contribution is -2.33. The Hall–Kier alpha value is -1.51. The molecule has 3 nitrogen and oxygen atoms in total. The summed E-state index contributed by atoms with van der Waals surface area (Å²) in [6.45, 7) is 4.84. The average Bonchev–Trinajstić information content (AvgIpc) is 2.42. The van der Waals surface area contributed by atoms with Gasteiger partial charge in [-0.15, -0.1) is 0 Å². The number of aryl methyl sites for hydroxylation is 2. The molecule has 0 aromatic heterocycles. The molecule has 2 rings (SSSR count). The maximum atomic E-state index is 11.9. The standard InChI is InChI=1S/C16H24N2O/c1-12-8-9-13(2)15(10-12)18-16(19)17-11-14-6-4-3-5-7-14/h8-10,14H,3-7,11H2,1-2H3,(H2,17,18,19). The maximum Gasteiger partial charge on any atom is 0.319 e. The second kappa shape index (κ2) is 6.60. The van der Waals surface area contributed by atoms with Gasteiger partial charge in [0, 0.05) is 12.2 Å². The van der Waals surface area contributed by atoms with Gasteiger partial charge in [-0.3, -0.25) is 0 Å². The first-order chi connectivity index (χ1) is 9.15. The van der Waals surface area contributed by atoms with E-state index in [2.05, 4.69) is 16.7 Å². The fraction of sp³-hybridized carbons (Fsp3) is 0.562. The van der Waals surface area contributed by atoms with Crippen LogP contribution in [-0.4, -0.2) is 12.6 Å². The Balaban J connectivity index is 1.81. The zero-order chi connectivity index (χ0) is 13.7. The lowest BCUT2D eigenvalue weighted by Gasteiger charge is -2.22. The number of urea groups is 1. The van der Waals surface area contributed by atoms with E-state index in [1.165, 1.54) is 32.1 Å². The van der Waals surface area contributed by atoms with Crippen molar-refractivity contribution < 1.29 is 4.79 Å². The Morgan fingerprint density at radius 3 is 2.68 bits per heavy atom. The number of rotatable bonds is 3. The van der Waals surface area contributed by atoms with Gasteiger partial charge < -0.3 is 10.6 Å². The van der Waals surface area contributed by atoms with Crippen LogP contribution in [0.15, 0.2) is 18.2 Å². The van der Waals surface area contributed by atoms with Crippen molar-refractivity contribution in [2.24, 2.45) is 5.92 Å². The van der Waals surface area contributed by atoms with E-state index in [4.69, 9.17) is 0 Å². The Bertz CT molecular complexity index is 436. The summed E-state index contributed by atoms with van der Waals surface area (Å²) >= 11 is 0. The molecule has 1 aromatic carbocycles. The molecule has 2 N–H and O–H groups in total. The number of carbonyl (C=O) groups excluding carboxylic acids is 1. The van der Waals surface area contributed by atoms with E-state index in [-0.39, 0.29) is 6.03 Å². The van der Waals surface area contributed by atoms with E-state index in [1.54, 1.807) is 0 Å². The third-order valence-electron chi connectivity index (χ3n) is 3.92. The molecule has 0 bridgehead atoms. The van der Waals surface area contributed by atoms with E-state index >= 15 is 0 Å². The first-order valence-electron chi connectivity index (χ1n) is 7.27. The van der Waals surface area contributed by atoms with Crippen molar-refractivity contribution in [3.05, 3.63) is 29.3 Å². The Morgan fingerprint density at radius 1 is 1.21 bits per heavy atom. The number of anilines is 1. The monoisotopic (exact) mass is 260 g/mol. The fourth-order valence-corrected chi connectivity index (χ4v) is 2.67. The van der Waals surface area contributed by atoms with Gasteiger partial charge in [0.15, 0.2) is 0 Å². The highest BCUT2D eigenvalue weighted by Gasteiger charge is 2.14. The Kier molecular flexibility index (Phi) is 4.83. The van der Waals surface area contributed by atoms with Crippen LogP contribution in [0, 0.1) is 19.8 Å². The smallest absolute Gasteiger partial charge is 0.319 e. The quantitative estimate of drug-likeness (QED) is 0.847. The summed E-state index contributed by atoms with van der Waals surface area (Å²) in [4.78, 5) is 11.9. The van der Waals surface area contributed by atoms with Crippen LogP contribution < -0.4 is 10.6 Å². The molecule has 1 aromatic rings. The minimum atomic E-state index is -0.0840. The lowest BCUT2D eigenvalue weighted by atomic mass is 9.89. The number of carbonyl (C=O) groups is 1. The first kappa shape index (κ1) is 13.9. The topological polar surface area (TPSA) is 41.1 Å². The van der Waals surface area contributed by atoms with Crippen LogP contribution in [0.2, 0.25) is 0 Å². The van der Waals surface area contributed by atoms with Crippen LogP contribution >= 0.6 is 0 Å². The molecule has 1 aliphatic rings. The average molecular weight is 260 g/mol. The van der Waals surface area contributed by atoms with Crippen LogP contribution in [0.25, 0.3) is 0 Å². The molecule has 0 atom stereocenters. The van der Waals surface area contributed by atoms with Gasteiger partial charge in [-0.05, 0) is 49.8 Å². The van der Waals surface area contributed by atoms with Crippen molar-refractivity contribution in [1.29, 1.82) is 0 Å². The molecule has 19 heavy (non-hydrogen) atoms. The molecule has 1 fully saturated rings. The summed E-state index contributed by atoms with van der Waals surface area (Å²) in [6.07, 6.45) is 6.48. The van der Waals surface area contributed by atoms with Gasteiger partial charge in [0.05, 0.1) is 0 Å². The summed E-state index contributed by atoms with van der Waals surface area (Å²) in [5, 5.41) is 5.94. The predicted octanol–water partition coefficient (Wildman–Crippen LogP) is 4.01. The highest BCUT2D eigenvalue weighted by molar-refractivity contribution is 5.90. The third kappa shape index (κ3) is 4.27. The van der Waals surface area contributed by atoms with Gasteiger partial charge in [0.1, 0.15) is 0 Å². The molecule has 3 heteroatoms. The van der Waals surface area contributed by atoms with Crippen molar-refractivity contribution in [2.75, 3.05) is 11.9 Å². The van der Waals surface area contributed by atoms with Crippen LogP contribution in [0.4, 0.5) is 10.5 Å². The second-order valence-corrected chi connectivity index (χ2v) is 5.66. The van der Waals surface area contributed by atoms with Gasteiger partial charge in [-0.1, -0.05) is 31.4 Å². The molecule has 0 spiro atoms. The summed E-state index contributed by atoms with van der Waals surface area (Å²) < 4.78 is 0. The number of nitrogens with one attached hydrogen (secondary N) is 2. The zero-order valence-electron chi connectivity index (χ0n) is 12.0. The van der Waals surface area contributed by atoms with E-state index in [0.717, 1.165) is 23.4 Å². The van der Waals surface area contributed by atoms with E-state index in [9.17, 15) is 4.79 Å². The number of hydrogen-bond donors (Lipinski definition) is 2. The summed E-state index contributed by atoms with van der Waals surface area (Å²) in [7, 11) is 0. The highest BCUT2D eigenvalue weighted by atomic mass is 16.2. The van der Waals surface area contributed by atoms with Gasteiger partial charge >= 0.3 is 6.03 Å². The Labute approximate surface area is 115 Å². The summed E-state index contributed by atoms with van der Waals surface area (Å²) in [5.41, 5.74) is 3.16. The SMILES string of the molecule is Cc1ccc(C)c(NC(=O)NCC2CCCCC2)c1. The highest BCUT2D eigenvalue weighted by Crippen LogP contribution is 2.22. The van der Waals surface area contributed by atoms with Crippen molar-refractivity contribution >= 4 is 11.7 Å². The van der Waals surface area contributed by atoms with Crippen molar-refractivity contribution in [3.63, 3.8) is 0 Å². The molecule has 0 heterocycles. The third-order valence-corrected chi connectivity index (χ3v) is 3.92. The van der Waals surface area contributed by atoms with Crippen molar-refractivity contribution in [3.8, 4) is 0 Å². The molecule has 0 aliphatic heterocycles. The molecule has 0 radical (unpaired) electrons. The summed E-state index contributed by atoms with van der Waals surface area (Å²) in [6, 6.07) is 6.02. The summed E-state index contributed by atoms with van der Waals surface area (Å²) in [5.74, 6) is 0.665. The number of amides is 2. The van der Waals surface area contributed by atoms with E-state index in [0.29, 0.717) is 5.92 Å². The molecule has 2 amide bonds. The van der Waals surface area contributed by atoms with Crippen LogP contribution in [0.1, 0.15) is 43.2 Å². The number of hydrogen-bond acceptors (Lipinski definition) is 1. The maximum absolute atomic E-state index is 11.9. The van der Waals surface area contributed by atoms with E-state index in [1.807, 2.05) is 26.0 Å². The Morgan fingerprint density at radius 2 is 1.95 bits per heavy atom. The van der Waals surface area contributed by atoms with Gasteiger partial charge in [0.2, 0.25) is 0 Å². The molecule has 0 unspecified atom stereocenters. The van der Waals surface area contributed by atoms with Crippen LogP contribution in [0.5, 0.6) is 0 Å². The van der Waals surface area contributed by atoms with Gasteiger partial charge in [-0.25, -0.2) is 4.79 Å². The van der Waals surface area contributed by atoms with Gasteiger partial charge in [-0.2, -0.15) is 0 Å². The van der Waals surface area contributed by atoms with Crippen LogP contribution in [0.3, 0.4) is 0 Å². The normalized spacial score (nSPS) is 16.1. The van der Waals surface area contributed by atoms with E-state index < -0.39 is 0 Å². The molecule has 104 valence electrons. The molecule has 1 saturated carbocycles. The largest absolute Gasteiger partial charge is 0.338 e.